The fourth-order valence-electron chi connectivity index (χ4n) is 6.07. The first kappa shape index (κ1) is 24.9. The lowest BCUT2D eigenvalue weighted by Gasteiger charge is -2.45. The molecule has 196 valence electrons. The van der Waals surface area contributed by atoms with Gasteiger partial charge in [0.15, 0.2) is 17.1 Å². The Kier molecular flexibility index (Phi) is 5.83. The third kappa shape index (κ3) is 3.70. The molecule has 4 aliphatic rings. The van der Waals surface area contributed by atoms with E-state index < -0.39 is 80.6 Å². The zero-order valence-corrected chi connectivity index (χ0v) is 19.7. The Bertz CT molecular complexity index is 1330. The first-order chi connectivity index (χ1) is 17.4. The monoisotopic (exact) mass is 515 g/mol. The largest absolute Gasteiger partial charge is 0.511 e. The highest BCUT2D eigenvalue weighted by molar-refractivity contribution is 6.24. The highest BCUT2D eigenvalue weighted by Crippen LogP contribution is 2.52. The number of nitrogens with two attached hydrogens (primary N) is 1. The molecule has 0 unspecified atom stereocenters. The van der Waals surface area contributed by atoms with E-state index in [0.29, 0.717) is 0 Å². The average Bonchev–Trinajstić information content (AvgIpc) is 3.32. The molecule has 0 radical (unpaired) electrons. The van der Waals surface area contributed by atoms with Crippen LogP contribution in [-0.2, 0) is 20.8 Å². The molecule has 1 aliphatic heterocycles. The average molecular weight is 515 g/mol. The van der Waals surface area contributed by atoms with Gasteiger partial charge in [-0.1, -0.05) is 0 Å². The molecule has 2 amide bonds. The van der Waals surface area contributed by atoms with Gasteiger partial charge in [0.25, 0.3) is 5.91 Å². The van der Waals surface area contributed by atoms with Crippen molar-refractivity contribution in [2.45, 2.75) is 37.7 Å². The zero-order chi connectivity index (χ0) is 26.8. The van der Waals surface area contributed by atoms with Gasteiger partial charge in [-0.3, -0.25) is 24.1 Å². The number of ketones is 2. The first-order valence-electron chi connectivity index (χ1n) is 12.0. The van der Waals surface area contributed by atoms with E-state index in [2.05, 4.69) is 5.32 Å². The minimum absolute atomic E-state index is 0.0270. The van der Waals surface area contributed by atoms with Crippen LogP contribution in [0.1, 0.15) is 41.6 Å². The predicted octanol–water partition coefficient (Wildman–Crippen LogP) is 0.754. The molecule has 0 spiro atoms. The number of carbonyl (C=O) groups excluding carboxylic acids is 4. The standard InChI is InChI=1S/C25H26FN3O8/c26-13-8-14(28-16(31)9-29-3-1-2-4-29)20(32)18-12(13)6-10-5-11-7-15(30)19(24(27)36)23(35)25(11,37)22(34)17(10)21(18)33/h8,10-11,30,32,34,37H,1-7,9H2,(H2,27,36)(H,28,31)/t10-,11+,25+/m1/s1. The number of anilines is 1. The molecule has 0 saturated carbocycles. The summed E-state index contributed by atoms with van der Waals surface area (Å²) in [5.41, 5.74) is 0.252. The number of aromatic hydroxyl groups is 1. The van der Waals surface area contributed by atoms with Gasteiger partial charge in [-0.05, 0) is 44.7 Å². The van der Waals surface area contributed by atoms with E-state index in [1.165, 1.54) is 0 Å². The number of halogens is 1. The predicted molar refractivity (Wildman–Crippen MR) is 125 cm³/mol. The SMILES string of the molecule is NC(=O)C1=C(O)C[C@@H]2C[C@@H]3Cc4c(F)cc(NC(=O)CN5CCCC5)c(O)c4C(=O)C3=C(O)[C@]2(O)C1=O. The van der Waals surface area contributed by atoms with Crippen LogP contribution < -0.4 is 11.1 Å². The molecule has 3 aliphatic carbocycles. The molecule has 12 heteroatoms. The van der Waals surface area contributed by atoms with Crippen molar-refractivity contribution in [3.05, 3.63) is 45.7 Å². The van der Waals surface area contributed by atoms with Crippen molar-refractivity contribution in [2.75, 3.05) is 25.0 Å². The second-order valence-corrected chi connectivity index (χ2v) is 10.1. The summed E-state index contributed by atoms with van der Waals surface area (Å²) in [4.78, 5) is 52.6. The van der Waals surface area contributed by atoms with Crippen LogP contribution in [-0.4, -0.2) is 73.9 Å². The van der Waals surface area contributed by atoms with Crippen molar-refractivity contribution in [3.63, 3.8) is 0 Å². The number of carbonyl (C=O) groups is 4. The number of aliphatic hydroxyl groups excluding tert-OH is 2. The summed E-state index contributed by atoms with van der Waals surface area (Å²) in [6, 6.07) is 0.925. The van der Waals surface area contributed by atoms with E-state index in [0.717, 1.165) is 32.0 Å². The number of rotatable bonds is 4. The van der Waals surface area contributed by atoms with Gasteiger partial charge in [0.1, 0.15) is 22.9 Å². The Hall–Kier alpha value is -3.77. The van der Waals surface area contributed by atoms with Crippen molar-refractivity contribution in [1.29, 1.82) is 0 Å². The summed E-state index contributed by atoms with van der Waals surface area (Å²) in [6.45, 7) is 1.50. The minimum Gasteiger partial charge on any atom is -0.511 e. The van der Waals surface area contributed by atoms with E-state index in [1.54, 1.807) is 0 Å². The van der Waals surface area contributed by atoms with Crippen molar-refractivity contribution in [1.82, 2.24) is 4.90 Å². The summed E-state index contributed by atoms with van der Waals surface area (Å²) in [6.07, 6.45) is 1.27. The Morgan fingerprint density at radius 1 is 1.16 bits per heavy atom. The molecule has 1 aromatic carbocycles. The summed E-state index contributed by atoms with van der Waals surface area (Å²) in [5.74, 6) is -9.32. The van der Waals surface area contributed by atoms with Crippen LogP contribution in [0.5, 0.6) is 5.75 Å². The van der Waals surface area contributed by atoms with Crippen LogP contribution in [0, 0.1) is 17.7 Å². The fourth-order valence-corrected chi connectivity index (χ4v) is 6.07. The quantitative estimate of drug-likeness (QED) is 0.248. The number of fused-ring (bicyclic) bond motifs is 3. The molecule has 1 saturated heterocycles. The van der Waals surface area contributed by atoms with Crippen LogP contribution in [0.25, 0.3) is 0 Å². The smallest absolute Gasteiger partial charge is 0.255 e. The maximum absolute atomic E-state index is 15.2. The van der Waals surface area contributed by atoms with Gasteiger partial charge in [-0.2, -0.15) is 0 Å². The number of primary amides is 1. The second kappa shape index (κ2) is 8.67. The lowest BCUT2D eigenvalue weighted by atomic mass is 9.60. The van der Waals surface area contributed by atoms with E-state index >= 15 is 4.39 Å². The van der Waals surface area contributed by atoms with Crippen LogP contribution in [0.2, 0.25) is 0 Å². The van der Waals surface area contributed by atoms with Crippen molar-refractivity contribution in [2.24, 2.45) is 17.6 Å². The Balaban J connectivity index is 1.54. The van der Waals surface area contributed by atoms with Gasteiger partial charge in [0.05, 0.1) is 17.8 Å². The molecule has 1 fully saturated rings. The molecule has 1 aromatic rings. The molecule has 5 rings (SSSR count). The van der Waals surface area contributed by atoms with Crippen LogP contribution in [0.4, 0.5) is 10.1 Å². The second-order valence-electron chi connectivity index (χ2n) is 10.1. The van der Waals surface area contributed by atoms with Crippen molar-refractivity contribution >= 4 is 29.1 Å². The van der Waals surface area contributed by atoms with E-state index in [9.17, 15) is 39.6 Å². The lowest BCUT2D eigenvalue weighted by molar-refractivity contribution is -0.144. The highest BCUT2D eigenvalue weighted by atomic mass is 19.1. The third-order valence-electron chi connectivity index (χ3n) is 7.85. The summed E-state index contributed by atoms with van der Waals surface area (Å²) in [5, 5.41) is 45.7. The molecule has 3 atom stereocenters. The lowest BCUT2D eigenvalue weighted by Crippen LogP contribution is -2.57. The first-order valence-corrected chi connectivity index (χ1v) is 12.0. The number of phenolic OH excluding ortho intramolecular Hbond substituents is 1. The zero-order valence-electron chi connectivity index (χ0n) is 19.7. The minimum atomic E-state index is -2.70. The third-order valence-corrected chi connectivity index (χ3v) is 7.85. The van der Waals surface area contributed by atoms with Gasteiger partial charge in [0, 0.05) is 29.5 Å². The number of likely N-dealkylation sites (tertiary alicyclic amines) is 1. The number of aliphatic hydroxyl groups is 3. The highest BCUT2D eigenvalue weighted by Gasteiger charge is 2.59. The Morgan fingerprint density at radius 2 is 1.84 bits per heavy atom. The van der Waals surface area contributed by atoms with E-state index in [4.69, 9.17) is 5.73 Å². The maximum atomic E-state index is 15.2. The van der Waals surface area contributed by atoms with Crippen LogP contribution in [0.3, 0.4) is 0 Å². The molecule has 37 heavy (non-hydrogen) atoms. The molecule has 1 heterocycles. The molecule has 7 N–H and O–H groups in total. The van der Waals surface area contributed by atoms with Crippen molar-refractivity contribution in [3.8, 4) is 5.75 Å². The van der Waals surface area contributed by atoms with Crippen LogP contribution >= 0.6 is 0 Å². The van der Waals surface area contributed by atoms with Gasteiger partial charge in [-0.25, -0.2) is 4.39 Å². The number of phenols is 1. The number of nitrogens with one attached hydrogen (secondary N) is 1. The maximum Gasteiger partial charge on any atom is 0.255 e. The molecular weight excluding hydrogens is 489 g/mol. The Morgan fingerprint density at radius 3 is 2.49 bits per heavy atom. The van der Waals surface area contributed by atoms with Crippen molar-refractivity contribution < 1.29 is 44.0 Å². The molecular formula is C25H26FN3O8. The van der Waals surface area contributed by atoms with E-state index in [-0.39, 0.29) is 37.1 Å². The van der Waals surface area contributed by atoms with Gasteiger partial charge >= 0.3 is 0 Å². The number of Topliss-reactive ketones (excluding diaryl/α,β-unsaturated/α-hetero) is 2. The molecule has 0 bridgehead atoms. The number of allylic oxidation sites excluding steroid dienone is 2. The fraction of sp³-hybridized carbons (Fsp3) is 0.440. The van der Waals surface area contributed by atoms with Crippen LogP contribution in [0.15, 0.2) is 28.7 Å². The normalized spacial score (nSPS) is 27.6. The number of hydrogen-bond acceptors (Lipinski definition) is 9. The molecule has 0 aromatic heterocycles. The van der Waals surface area contributed by atoms with Gasteiger partial charge in [0.2, 0.25) is 11.7 Å². The Labute approximate surface area is 210 Å². The number of nitrogens with zero attached hydrogens (tertiary/aromatic N) is 1. The molecule has 11 nitrogen and oxygen atoms in total. The van der Waals surface area contributed by atoms with Gasteiger partial charge in [-0.15, -0.1) is 0 Å². The number of amides is 2. The summed E-state index contributed by atoms with van der Waals surface area (Å²) in [7, 11) is 0. The summed E-state index contributed by atoms with van der Waals surface area (Å²) >= 11 is 0. The topological polar surface area (TPSA) is 190 Å². The summed E-state index contributed by atoms with van der Waals surface area (Å²) < 4.78 is 15.2. The van der Waals surface area contributed by atoms with Gasteiger partial charge < -0.3 is 31.5 Å². The number of benzene rings is 1. The number of hydrogen-bond donors (Lipinski definition) is 6. The van der Waals surface area contributed by atoms with E-state index in [1.807, 2.05) is 4.90 Å².